The second-order valence-corrected chi connectivity index (χ2v) is 5.91. The number of hydrogen-bond donors (Lipinski definition) is 6. The maximum atomic E-state index is 10.7. The van der Waals surface area contributed by atoms with Crippen LogP contribution in [0.2, 0.25) is 0 Å². The molecule has 0 radical (unpaired) electrons. The van der Waals surface area contributed by atoms with Gasteiger partial charge in [-0.05, 0) is 24.3 Å². The van der Waals surface area contributed by atoms with Crippen LogP contribution in [0.15, 0.2) is 29.2 Å². The maximum absolute atomic E-state index is 10.7. The van der Waals surface area contributed by atoms with Gasteiger partial charge >= 0.3 is 0 Å². The molecule has 1 aromatic carbocycles. The SMILES string of the molecule is Nc1ccc(S(N)(=O)=O)cc1.O[C@H](CS)[C@H](O)CS. The summed E-state index contributed by atoms with van der Waals surface area (Å²) in [6.45, 7) is 0. The van der Waals surface area contributed by atoms with Crippen LogP contribution in [0.3, 0.4) is 0 Å². The summed E-state index contributed by atoms with van der Waals surface area (Å²) in [4.78, 5) is 0.0756. The zero-order chi connectivity index (χ0) is 15.1. The molecule has 1 rings (SSSR count). The van der Waals surface area contributed by atoms with Gasteiger partial charge in [-0.25, -0.2) is 13.6 Å². The van der Waals surface area contributed by atoms with E-state index in [1.54, 1.807) is 0 Å². The van der Waals surface area contributed by atoms with Crippen molar-refractivity contribution in [3.63, 3.8) is 0 Å². The highest BCUT2D eigenvalue weighted by Crippen LogP contribution is 2.08. The number of benzene rings is 1. The van der Waals surface area contributed by atoms with E-state index in [9.17, 15) is 8.42 Å². The summed E-state index contributed by atoms with van der Waals surface area (Å²) in [7, 11) is -3.58. The average Bonchev–Trinajstić information content (AvgIpc) is 2.37. The van der Waals surface area contributed by atoms with Crippen LogP contribution in [-0.4, -0.2) is 42.3 Å². The average molecular weight is 326 g/mol. The first-order valence-corrected chi connectivity index (χ1v) is 7.99. The van der Waals surface area contributed by atoms with Crippen LogP contribution in [0.25, 0.3) is 0 Å². The molecule has 0 unspecified atom stereocenters. The molecule has 19 heavy (non-hydrogen) atoms. The van der Waals surface area contributed by atoms with E-state index in [-0.39, 0.29) is 16.4 Å². The number of aliphatic hydroxyl groups is 2. The van der Waals surface area contributed by atoms with E-state index < -0.39 is 22.2 Å². The number of nitrogens with two attached hydrogens (primary N) is 2. The fraction of sp³-hybridized carbons (Fsp3) is 0.400. The Morgan fingerprint density at radius 1 is 1.05 bits per heavy atom. The second-order valence-electron chi connectivity index (χ2n) is 3.61. The van der Waals surface area contributed by atoms with Gasteiger partial charge in [0.15, 0.2) is 0 Å². The van der Waals surface area contributed by atoms with Gasteiger partial charge < -0.3 is 15.9 Å². The Balaban J connectivity index is 0.000000362. The summed E-state index contributed by atoms with van der Waals surface area (Å²) in [6.07, 6.45) is -1.48. The molecule has 0 heterocycles. The third-order valence-electron chi connectivity index (χ3n) is 2.03. The summed E-state index contributed by atoms with van der Waals surface area (Å²) < 4.78 is 21.4. The molecule has 0 aliphatic heterocycles. The van der Waals surface area contributed by atoms with Crippen LogP contribution in [-0.2, 0) is 10.0 Å². The highest BCUT2D eigenvalue weighted by molar-refractivity contribution is 7.89. The largest absolute Gasteiger partial charge is 0.399 e. The van der Waals surface area contributed by atoms with Gasteiger partial charge in [-0.15, -0.1) is 0 Å². The van der Waals surface area contributed by atoms with Crippen molar-refractivity contribution in [2.24, 2.45) is 5.14 Å². The molecule has 0 saturated carbocycles. The fourth-order valence-electron chi connectivity index (χ4n) is 0.901. The van der Waals surface area contributed by atoms with Gasteiger partial charge in [0.25, 0.3) is 0 Å². The summed E-state index contributed by atoms with van der Waals surface area (Å²) in [6, 6.07) is 5.70. The van der Waals surface area contributed by atoms with Gasteiger partial charge in [0.05, 0.1) is 17.1 Å². The number of aliphatic hydroxyl groups excluding tert-OH is 2. The quantitative estimate of drug-likeness (QED) is 0.328. The van der Waals surface area contributed by atoms with Crippen LogP contribution in [0.1, 0.15) is 0 Å². The summed E-state index contributed by atoms with van der Waals surface area (Å²) in [5.41, 5.74) is 5.85. The second kappa shape index (κ2) is 8.67. The van der Waals surface area contributed by atoms with Crippen molar-refractivity contribution in [2.45, 2.75) is 17.1 Å². The van der Waals surface area contributed by atoms with E-state index in [1.165, 1.54) is 24.3 Å². The fourth-order valence-corrected chi connectivity index (χ4v) is 1.90. The molecular formula is C10H18N2O4S3. The zero-order valence-electron chi connectivity index (χ0n) is 10.0. The first kappa shape index (κ1) is 18.6. The minimum absolute atomic E-state index is 0.0756. The Morgan fingerprint density at radius 3 is 1.68 bits per heavy atom. The van der Waals surface area contributed by atoms with Crippen molar-refractivity contribution in [3.8, 4) is 0 Å². The number of hydrogen-bond acceptors (Lipinski definition) is 7. The third-order valence-corrected chi connectivity index (χ3v) is 3.70. The van der Waals surface area contributed by atoms with Gasteiger partial charge in [0.1, 0.15) is 0 Å². The smallest absolute Gasteiger partial charge is 0.238 e. The Kier molecular flexibility index (Phi) is 8.46. The van der Waals surface area contributed by atoms with Crippen LogP contribution < -0.4 is 10.9 Å². The first-order chi connectivity index (χ1) is 8.72. The monoisotopic (exact) mass is 326 g/mol. The van der Waals surface area contributed by atoms with Crippen molar-refractivity contribution in [2.75, 3.05) is 17.2 Å². The third kappa shape index (κ3) is 7.65. The number of rotatable bonds is 4. The molecule has 110 valence electrons. The van der Waals surface area contributed by atoms with Crippen molar-refractivity contribution in [3.05, 3.63) is 24.3 Å². The van der Waals surface area contributed by atoms with Gasteiger partial charge in [0, 0.05) is 17.2 Å². The molecular weight excluding hydrogens is 308 g/mol. The van der Waals surface area contributed by atoms with E-state index in [2.05, 4.69) is 25.3 Å². The molecule has 0 amide bonds. The van der Waals surface area contributed by atoms with Crippen LogP contribution >= 0.6 is 25.3 Å². The van der Waals surface area contributed by atoms with E-state index in [0.717, 1.165) is 0 Å². The van der Waals surface area contributed by atoms with Crippen LogP contribution in [0.5, 0.6) is 0 Å². The summed E-state index contributed by atoms with van der Waals surface area (Å²) in [5, 5.41) is 22.3. The van der Waals surface area contributed by atoms with Gasteiger partial charge in [-0.3, -0.25) is 0 Å². The number of primary sulfonamides is 1. The highest BCUT2D eigenvalue weighted by atomic mass is 32.2. The number of nitrogen functional groups attached to an aromatic ring is 1. The number of sulfonamides is 1. The standard InChI is InChI=1S/C6H8N2O2S.C4H10O2S2/c7-5-1-3-6(4-2-5)11(8,9)10;5-3(1-7)4(6)2-8/h1-4H,7H2,(H2,8,9,10);3-8H,1-2H2/t;3-,4-/m.1/s1. The predicted octanol–water partition coefficient (Wildman–Crippen LogP) is -0.516. The molecule has 6 nitrogen and oxygen atoms in total. The predicted molar refractivity (Wildman–Crippen MR) is 81.9 cm³/mol. The summed E-state index contributed by atoms with van der Waals surface area (Å²) in [5.74, 6) is 0.559. The Morgan fingerprint density at radius 2 is 1.42 bits per heavy atom. The van der Waals surface area contributed by atoms with Crippen molar-refractivity contribution >= 4 is 41.0 Å². The lowest BCUT2D eigenvalue weighted by atomic mass is 10.3. The molecule has 9 heteroatoms. The number of thiol groups is 2. The van der Waals surface area contributed by atoms with E-state index in [1.807, 2.05) is 0 Å². The highest BCUT2D eigenvalue weighted by Gasteiger charge is 2.10. The van der Waals surface area contributed by atoms with Gasteiger partial charge in [-0.1, -0.05) is 0 Å². The van der Waals surface area contributed by atoms with Crippen LogP contribution in [0.4, 0.5) is 5.69 Å². The molecule has 0 aliphatic carbocycles. The first-order valence-electron chi connectivity index (χ1n) is 5.18. The van der Waals surface area contributed by atoms with Gasteiger partial charge in [0.2, 0.25) is 10.0 Å². The van der Waals surface area contributed by atoms with E-state index in [0.29, 0.717) is 5.69 Å². The Hall–Kier alpha value is -0.450. The maximum Gasteiger partial charge on any atom is 0.238 e. The lowest BCUT2D eigenvalue weighted by Gasteiger charge is -2.11. The van der Waals surface area contributed by atoms with E-state index in [4.69, 9.17) is 21.1 Å². The molecule has 1 aromatic rings. The molecule has 0 spiro atoms. The Labute approximate surface area is 123 Å². The van der Waals surface area contributed by atoms with Crippen molar-refractivity contribution in [1.29, 1.82) is 0 Å². The van der Waals surface area contributed by atoms with Crippen molar-refractivity contribution in [1.82, 2.24) is 0 Å². The van der Waals surface area contributed by atoms with E-state index >= 15 is 0 Å². The molecule has 0 saturated heterocycles. The molecule has 2 atom stereocenters. The summed E-state index contributed by atoms with van der Waals surface area (Å²) >= 11 is 7.53. The molecule has 0 aliphatic rings. The molecule has 6 N–H and O–H groups in total. The number of anilines is 1. The minimum atomic E-state index is -3.58. The lowest BCUT2D eigenvalue weighted by Crippen LogP contribution is -2.28. The zero-order valence-corrected chi connectivity index (χ0v) is 12.7. The lowest BCUT2D eigenvalue weighted by molar-refractivity contribution is 0.0504. The topological polar surface area (TPSA) is 127 Å². The molecule has 0 bridgehead atoms. The Bertz CT molecular complexity index is 456. The normalized spacial score (nSPS) is 14.2. The van der Waals surface area contributed by atoms with Gasteiger partial charge in [-0.2, -0.15) is 25.3 Å². The van der Waals surface area contributed by atoms with Crippen LogP contribution in [0, 0.1) is 0 Å². The van der Waals surface area contributed by atoms with Crippen molar-refractivity contribution < 1.29 is 18.6 Å². The minimum Gasteiger partial charge on any atom is -0.399 e. The molecule has 0 fully saturated rings. The molecule has 0 aromatic heterocycles.